The van der Waals surface area contributed by atoms with Gasteiger partial charge in [0.05, 0.1) is 24.5 Å². The Hall–Kier alpha value is -2.13. The van der Waals surface area contributed by atoms with Gasteiger partial charge in [0.2, 0.25) is 0 Å². The Morgan fingerprint density at radius 1 is 1.12 bits per heavy atom. The minimum Gasteiger partial charge on any atom is -0.383 e. The molecule has 0 amide bonds. The van der Waals surface area contributed by atoms with E-state index in [-0.39, 0.29) is 0 Å². The molecule has 3 aliphatic carbocycles. The number of pyridine rings is 1. The van der Waals surface area contributed by atoms with Crippen LogP contribution in [0.5, 0.6) is 0 Å². The van der Waals surface area contributed by atoms with Gasteiger partial charge in [0.1, 0.15) is 11.6 Å². The van der Waals surface area contributed by atoms with Gasteiger partial charge in [-0.3, -0.25) is 4.90 Å². The van der Waals surface area contributed by atoms with E-state index >= 15 is 0 Å². The van der Waals surface area contributed by atoms with Crippen molar-refractivity contribution < 1.29 is 17.9 Å². The topological polar surface area (TPSA) is 69.2 Å². The van der Waals surface area contributed by atoms with Crippen molar-refractivity contribution >= 4 is 5.82 Å². The second-order valence-electron chi connectivity index (χ2n) is 9.84. The van der Waals surface area contributed by atoms with Gasteiger partial charge < -0.3 is 15.0 Å². The average molecular weight is 448 g/mol. The van der Waals surface area contributed by atoms with Crippen LogP contribution in [0.3, 0.4) is 0 Å². The van der Waals surface area contributed by atoms with Gasteiger partial charge in [-0.05, 0) is 49.5 Å². The van der Waals surface area contributed by atoms with E-state index in [2.05, 4.69) is 14.5 Å². The number of morpholine rings is 1. The molecule has 2 N–H and O–H groups in total. The first kappa shape index (κ1) is 20.5. The van der Waals surface area contributed by atoms with E-state index in [0.29, 0.717) is 41.1 Å². The zero-order valence-corrected chi connectivity index (χ0v) is 17.9. The van der Waals surface area contributed by atoms with Gasteiger partial charge in [-0.15, -0.1) is 0 Å². The summed E-state index contributed by atoms with van der Waals surface area (Å²) >= 11 is 0. The minimum atomic E-state index is -4.53. The van der Waals surface area contributed by atoms with Gasteiger partial charge in [0, 0.05) is 49.6 Å². The first-order valence-electron chi connectivity index (χ1n) is 11.6. The smallest absolute Gasteiger partial charge is 0.383 e. The molecule has 1 aliphatic heterocycles. The van der Waals surface area contributed by atoms with Gasteiger partial charge in [-0.2, -0.15) is 13.2 Å². The van der Waals surface area contributed by atoms with Crippen molar-refractivity contribution in [3.8, 4) is 11.3 Å². The van der Waals surface area contributed by atoms with Crippen LogP contribution in [-0.2, 0) is 17.3 Å². The number of hydrogen-bond acceptors (Lipinski definition) is 5. The number of rotatable bonds is 5. The third kappa shape index (κ3) is 3.69. The number of fused-ring (bicyclic) bond motifs is 1. The number of imidazole rings is 1. The molecule has 6 nitrogen and oxygen atoms in total. The molecule has 32 heavy (non-hydrogen) atoms. The van der Waals surface area contributed by atoms with Crippen LogP contribution in [0.4, 0.5) is 19.0 Å². The van der Waals surface area contributed by atoms with E-state index in [1.807, 2.05) is 6.20 Å². The van der Waals surface area contributed by atoms with E-state index in [1.54, 1.807) is 0 Å². The summed E-state index contributed by atoms with van der Waals surface area (Å²) in [4.78, 5) is 11.2. The Labute approximate surface area is 185 Å². The zero-order chi connectivity index (χ0) is 22.0. The number of aromatic nitrogens is 3. The lowest BCUT2D eigenvalue weighted by molar-refractivity contribution is -0.137. The normalized spacial score (nSPS) is 30.5. The van der Waals surface area contributed by atoms with Crippen LogP contribution in [0.25, 0.3) is 11.3 Å². The highest BCUT2D eigenvalue weighted by Crippen LogP contribution is 2.62. The predicted octanol–water partition coefficient (Wildman–Crippen LogP) is 3.78. The summed E-state index contributed by atoms with van der Waals surface area (Å²) in [6, 6.07) is 2.14. The summed E-state index contributed by atoms with van der Waals surface area (Å²) in [5, 5.41) is 0. The summed E-state index contributed by atoms with van der Waals surface area (Å²) in [5.74, 6) is 2.44. The molecule has 4 fully saturated rings. The van der Waals surface area contributed by atoms with Gasteiger partial charge in [-0.25, -0.2) is 9.97 Å². The van der Waals surface area contributed by atoms with E-state index < -0.39 is 17.6 Å². The lowest BCUT2D eigenvalue weighted by Crippen LogP contribution is -2.43. The lowest BCUT2D eigenvalue weighted by atomic mass is 10.1. The average Bonchev–Trinajstić information content (AvgIpc) is 3.61. The molecule has 4 atom stereocenters. The van der Waals surface area contributed by atoms with Crippen LogP contribution < -0.4 is 5.73 Å². The monoisotopic (exact) mass is 447 g/mol. The second kappa shape index (κ2) is 7.45. The number of halogens is 3. The number of nitrogen functional groups attached to an aromatic ring is 1. The lowest BCUT2D eigenvalue weighted by Gasteiger charge is -2.33. The Kier molecular flexibility index (Phi) is 4.77. The van der Waals surface area contributed by atoms with Gasteiger partial charge in [0.15, 0.2) is 0 Å². The van der Waals surface area contributed by atoms with Crippen LogP contribution in [-0.4, -0.2) is 51.8 Å². The number of alkyl halides is 3. The molecule has 4 aliphatic rings. The van der Waals surface area contributed by atoms with Crippen molar-refractivity contribution in [3.05, 3.63) is 29.8 Å². The summed E-state index contributed by atoms with van der Waals surface area (Å²) in [6.45, 7) is 3.67. The van der Waals surface area contributed by atoms with E-state index in [9.17, 15) is 13.2 Å². The van der Waals surface area contributed by atoms with Crippen molar-refractivity contribution in [1.82, 2.24) is 19.4 Å². The molecule has 1 saturated heterocycles. The summed E-state index contributed by atoms with van der Waals surface area (Å²) in [5.41, 5.74) is 5.53. The summed E-state index contributed by atoms with van der Waals surface area (Å²) < 4.78 is 47.8. The SMILES string of the molecule is Nc1ncc(-c2cn(C3[C@H]4CC(N5CCOCC5)C[C@@H]34)c(CC3CC3)n2)cc1C(F)(F)F. The Balaban J connectivity index is 1.25. The number of nitrogens with zero attached hydrogens (tertiary/aromatic N) is 4. The molecule has 0 aromatic carbocycles. The highest BCUT2D eigenvalue weighted by atomic mass is 19.4. The van der Waals surface area contributed by atoms with Crippen molar-refractivity contribution in [1.29, 1.82) is 0 Å². The fourth-order valence-electron chi connectivity index (χ4n) is 5.83. The molecule has 0 bridgehead atoms. The van der Waals surface area contributed by atoms with Crippen molar-refractivity contribution in [2.24, 2.45) is 17.8 Å². The first-order valence-corrected chi connectivity index (χ1v) is 11.6. The fraction of sp³-hybridized carbons (Fsp3) is 0.652. The third-order valence-electron chi connectivity index (χ3n) is 7.75. The number of ether oxygens (including phenoxy) is 1. The van der Waals surface area contributed by atoms with Crippen LogP contribution in [0.2, 0.25) is 0 Å². The van der Waals surface area contributed by atoms with Crippen LogP contribution in [0.15, 0.2) is 18.5 Å². The Bertz CT molecular complexity index is 1000. The molecule has 0 spiro atoms. The van der Waals surface area contributed by atoms with E-state index in [0.717, 1.165) is 44.6 Å². The second-order valence-corrected chi connectivity index (χ2v) is 9.84. The predicted molar refractivity (Wildman–Crippen MR) is 113 cm³/mol. The summed E-state index contributed by atoms with van der Waals surface area (Å²) in [6.07, 6.45) is 4.52. The van der Waals surface area contributed by atoms with E-state index in [1.165, 1.54) is 31.9 Å². The molecule has 172 valence electrons. The number of nitrogens with two attached hydrogens (primary N) is 1. The Morgan fingerprint density at radius 2 is 1.84 bits per heavy atom. The molecule has 0 radical (unpaired) electrons. The minimum absolute atomic E-state index is 0.374. The molecule has 9 heteroatoms. The number of hydrogen-bond donors (Lipinski definition) is 1. The van der Waals surface area contributed by atoms with Crippen LogP contribution in [0, 0.1) is 17.8 Å². The highest BCUT2D eigenvalue weighted by molar-refractivity contribution is 5.62. The van der Waals surface area contributed by atoms with Gasteiger partial charge >= 0.3 is 6.18 Å². The molecule has 3 saturated carbocycles. The number of anilines is 1. The molecule has 2 aromatic rings. The van der Waals surface area contributed by atoms with Crippen LogP contribution in [0.1, 0.15) is 43.1 Å². The molecular weight excluding hydrogens is 419 g/mol. The van der Waals surface area contributed by atoms with Gasteiger partial charge in [0.25, 0.3) is 0 Å². The van der Waals surface area contributed by atoms with Crippen molar-refractivity contribution in [2.75, 3.05) is 32.0 Å². The molecule has 2 unspecified atom stereocenters. The maximum Gasteiger partial charge on any atom is 0.419 e. The molecule has 2 aromatic heterocycles. The molecule has 3 heterocycles. The third-order valence-corrected chi connectivity index (χ3v) is 7.75. The standard InChI is InChI=1S/C23H28F3N5O/c24-23(25,26)18-8-14(11-28-22(18)27)19-12-31(20(29-19)7-13-1-2-13)21-16-9-15(10-17(16)21)30-3-5-32-6-4-30/h8,11-13,15-17,21H,1-7,9-10H2,(H2,27,28)/t15?,16-,17+,21?. The maximum atomic E-state index is 13.3. The highest BCUT2D eigenvalue weighted by Gasteiger charge is 2.58. The van der Waals surface area contributed by atoms with Crippen molar-refractivity contribution in [3.63, 3.8) is 0 Å². The van der Waals surface area contributed by atoms with Crippen LogP contribution >= 0.6 is 0 Å². The fourth-order valence-corrected chi connectivity index (χ4v) is 5.83. The Morgan fingerprint density at radius 3 is 2.50 bits per heavy atom. The largest absolute Gasteiger partial charge is 0.419 e. The first-order chi connectivity index (χ1) is 15.4. The summed E-state index contributed by atoms with van der Waals surface area (Å²) in [7, 11) is 0. The zero-order valence-electron chi connectivity index (χ0n) is 17.9. The quantitative estimate of drug-likeness (QED) is 0.756. The van der Waals surface area contributed by atoms with Gasteiger partial charge in [-0.1, -0.05) is 0 Å². The van der Waals surface area contributed by atoms with E-state index in [4.69, 9.17) is 15.5 Å². The van der Waals surface area contributed by atoms with Crippen molar-refractivity contribution in [2.45, 2.75) is 50.4 Å². The molecule has 6 rings (SSSR count). The maximum absolute atomic E-state index is 13.3. The molecular formula is C23H28F3N5O.